The van der Waals surface area contributed by atoms with E-state index in [1.807, 2.05) is 6.92 Å². The molecule has 1 aromatic carbocycles. The third-order valence-corrected chi connectivity index (χ3v) is 2.32. The van der Waals surface area contributed by atoms with E-state index in [0.29, 0.717) is 11.5 Å². The number of benzene rings is 1. The highest BCUT2D eigenvalue weighted by Gasteiger charge is 2.12. The summed E-state index contributed by atoms with van der Waals surface area (Å²) >= 11 is 0. The van der Waals surface area contributed by atoms with Crippen LogP contribution in [0.15, 0.2) is 40.8 Å². The number of ether oxygens (including phenoxy) is 1. The molecule has 4 nitrogen and oxygen atoms in total. The summed E-state index contributed by atoms with van der Waals surface area (Å²) in [7, 11) is 0. The van der Waals surface area contributed by atoms with E-state index in [0.717, 1.165) is 5.76 Å². The van der Waals surface area contributed by atoms with E-state index in [9.17, 15) is 10.2 Å². The van der Waals surface area contributed by atoms with Crippen LogP contribution < -0.4 is 4.74 Å². The Morgan fingerprint density at radius 1 is 1.29 bits per heavy atom. The Balaban J connectivity index is 1.94. The molecule has 17 heavy (non-hydrogen) atoms. The van der Waals surface area contributed by atoms with Gasteiger partial charge in [0, 0.05) is 6.07 Å². The second-order valence-electron chi connectivity index (χ2n) is 3.77. The fourth-order valence-electron chi connectivity index (χ4n) is 1.46. The minimum Gasteiger partial charge on any atom is -0.508 e. The molecule has 0 amide bonds. The molecule has 0 spiro atoms. The Kier molecular flexibility index (Phi) is 3.35. The van der Waals surface area contributed by atoms with E-state index < -0.39 is 6.10 Å². The van der Waals surface area contributed by atoms with E-state index in [-0.39, 0.29) is 12.4 Å². The first-order valence-corrected chi connectivity index (χ1v) is 5.31. The van der Waals surface area contributed by atoms with E-state index in [2.05, 4.69) is 0 Å². The summed E-state index contributed by atoms with van der Waals surface area (Å²) in [6.45, 7) is 1.89. The lowest BCUT2D eigenvalue weighted by Gasteiger charge is -2.10. The molecule has 90 valence electrons. The van der Waals surface area contributed by atoms with Gasteiger partial charge < -0.3 is 19.4 Å². The number of phenols is 1. The zero-order chi connectivity index (χ0) is 12.3. The maximum absolute atomic E-state index is 9.78. The fourth-order valence-corrected chi connectivity index (χ4v) is 1.46. The fraction of sp³-hybridized carbons (Fsp3) is 0.231. The predicted molar refractivity (Wildman–Crippen MR) is 62.0 cm³/mol. The van der Waals surface area contributed by atoms with Crippen LogP contribution in [0.25, 0.3) is 0 Å². The summed E-state index contributed by atoms with van der Waals surface area (Å²) in [5.41, 5.74) is 0. The zero-order valence-electron chi connectivity index (χ0n) is 9.46. The van der Waals surface area contributed by atoms with E-state index in [1.54, 1.807) is 30.3 Å². The highest BCUT2D eigenvalue weighted by Crippen LogP contribution is 2.21. The summed E-state index contributed by atoms with van der Waals surface area (Å²) in [6.07, 6.45) is -0.814. The van der Waals surface area contributed by atoms with Crippen LogP contribution in [-0.4, -0.2) is 16.8 Å². The van der Waals surface area contributed by atoms with Gasteiger partial charge in [-0.05, 0) is 31.2 Å². The van der Waals surface area contributed by atoms with Crippen molar-refractivity contribution in [3.8, 4) is 11.5 Å². The number of aliphatic hydroxyl groups excluding tert-OH is 1. The molecule has 0 saturated carbocycles. The molecule has 2 aromatic rings. The second-order valence-corrected chi connectivity index (χ2v) is 3.77. The molecule has 0 fully saturated rings. The van der Waals surface area contributed by atoms with Crippen LogP contribution in [0, 0.1) is 6.92 Å². The molecular weight excluding hydrogens is 220 g/mol. The van der Waals surface area contributed by atoms with Crippen molar-refractivity contribution in [3.05, 3.63) is 47.9 Å². The van der Waals surface area contributed by atoms with Crippen molar-refractivity contribution in [1.29, 1.82) is 0 Å². The van der Waals surface area contributed by atoms with Gasteiger partial charge in [-0.1, -0.05) is 6.07 Å². The van der Waals surface area contributed by atoms with Crippen molar-refractivity contribution in [1.82, 2.24) is 0 Å². The summed E-state index contributed by atoms with van der Waals surface area (Å²) < 4.78 is 10.6. The summed E-state index contributed by atoms with van der Waals surface area (Å²) in [5, 5.41) is 19.0. The first kappa shape index (κ1) is 11.5. The van der Waals surface area contributed by atoms with Crippen molar-refractivity contribution in [2.75, 3.05) is 6.61 Å². The number of aryl methyl sites for hydroxylation is 1. The first-order valence-electron chi connectivity index (χ1n) is 5.31. The largest absolute Gasteiger partial charge is 0.508 e. The second kappa shape index (κ2) is 4.93. The Labute approximate surface area is 99.1 Å². The summed E-state index contributed by atoms with van der Waals surface area (Å²) in [4.78, 5) is 0. The van der Waals surface area contributed by atoms with Crippen LogP contribution in [-0.2, 0) is 0 Å². The molecule has 0 saturated heterocycles. The number of hydrogen-bond acceptors (Lipinski definition) is 4. The van der Waals surface area contributed by atoms with Crippen molar-refractivity contribution < 1.29 is 19.4 Å². The van der Waals surface area contributed by atoms with Gasteiger partial charge in [0.2, 0.25) is 0 Å². The minimum absolute atomic E-state index is 0.0798. The standard InChI is InChI=1S/C13H14O4/c1-9-5-6-13(17-9)12(15)8-16-11-4-2-3-10(14)7-11/h2-7,12,14-15H,8H2,1H3. The minimum atomic E-state index is -0.814. The number of phenolic OH excluding ortho intramolecular Hbond substituents is 1. The Morgan fingerprint density at radius 2 is 2.12 bits per heavy atom. The monoisotopic (exact) mass is 234 g/mol. The van der Waals surface area contributed by atoms with Crippen molar-refractivity contribution in [3.63, 3.8) is 0 Å². The maximum atomic E-state index is 9.78. The molecule has 2 rings (SSSR count). The summed E-state index contributed by atoms with van der Waals surface area (Å²) in [5.74, 6) is 1.86. The van der Waals surface area contributed by atoms with Crippen LogP contribution in [0.4, 0.5) is 0 Å². The molecule has 4 heteroatoms. The average molecular weight is 234 g/mol. The molecule has 1 heterocycles. The average Bonchev–Trinajstić information content (AvgIpc) is 2.73. The van der Waals surface area contributed by atoms with Gasteiger partial charge in [0.1, 0.15) is 35.7 Å². The smallest absolute Gasteiger partial charge is 0.145 e. The highest BCUT2D eigenvalue weighted by atomic mass is 16.5. The number of hydrogen-bond donors (Lipinski definition) is 2. The molecule has 2 N–H and O–H groups in total. The molecule has 0 aliphatic heterocycles. The molecule has 1 aromatic heterocycles. The van der Waals surface area contributed by atoms with E-state index >= 15 is 0 Å². The Hall–Kier alpha value is -1.94. The van der Waals surface area contributed by atoms with Crippen molar-refractivity contribution in [2.45, 2.75) is 13.0 Å². The van der Waals surface area contributed by atoms with Crippen molar-refractivity contribution in [2.24, 2.45) is 0 Å². The van der Waals surface area contributed by atoms with Crippen LogP contribution in [0.1, 0.15) is 17.6 Å². The summed E-state index contributed by atoms with van der Waals surface area (Å²) in [6, 6.07) is 9.92. The van der Waals surface area contributed by atoms with Gasteiger partial charge in [0.05, 0.1) is 0 Å². The van der Waals surface area contributed by atoms with E-state index in [4.69, 9.17) is 9.15 Å². The van der Waals surface area contributed by atoms with Crippen LogP contribution in [0.5, 0.6) is 11.5 Å². The van der Waals surface area contributed by atoms with Gasteiger partial charge in [0.15, 0.2) is 0 Å². The van der Waals surface area contributed by atoms with Crippen molar-refractivity contribution >= 4 is 0 Å². The highest BCUT2D eigenvalue weighted by molar-refractivity contribution is 5.31. The number of rotatable bonds is 4. The van der Waals surface area contributed by atoms with Crippen LogP contribution in [0.2, 0.25) is 0 Å². The molecule has 1 unspecified atom stereocenters. The molecule has 0 radical (unpaired) electrons. The Bertz CT molecular complexity index is 490. The van der Waals surface area contributed by atoms with Gasteiger partial charge in [0.25, 0.3) is 0 Å². The predicted octanol–water partition coefficient (Wildman–Crippen LogP) is 2.41. The molecular formula is C13H14O4. The third kappa shape index (κ3) is 3.01. The zero-order valence-corrected chi connectivity index (χ0v) is 9.46. The first-order chi connectivity index (χ1) is 8.15. The lowest BCUT2D eigenvalue weighted by molar-refractivity contribution is 0.0879. The lowest BCUT2D eigenvalue weighted by atomic mass is 10.3. The molecule has 0 bridgehead atoms. The number of furan rings is 1. The third-order valence-electron chi connectivity index (χ3n) is 2.32. The molecule has 1 atom stereocenters. The number of aliphatic hydroxyl groups is 1. The lowest BCUT2D eigenvalue weighted by Crippen LogP contribution is -2.08. The maximum Gasteiger partial charge on any atom is 0.145 e. The SMILES string of the molecule is Cc1ccc(C(O)COc2cccc(O)c2)o1. The van der Waals surface area contributed by atoms with Gasteiger partial charge in [-0.3, -0.25) is 0 Å². The van der Waals surface area contributed by atoms with Gasteiger partial charge >= 0.3 is 0 Å². The Morgan fingerprint density at radius 3 is 2.76 bits per heavy atom. The quantitative estimate of drug-likeness (QED) is 0.852. The van der Waals surface area contributed by atoms with E-state index in [1.165, 1.54) is 6.07 Å². The topological polar surface area (TPSA) is 62.8 Å². The molecule has 0 aliphatic carbocycles. The van der Waals surface area contributed by atoms with Crippen LogP contribution >= 0.6 is 0 Å². The molecule has 0 aliphatic rings. The van der Waals surface area contributed by atoms with Gasteiger partial charge in [-0.25, -0.2) is 0 Å². The van der Waals surface area contributed by atoms with Gasteiger partial charge in [-0.15, -0.1) is 0 Å². The van der Waals surface area contributed by atoms with Gasteiger partial charge in [-0.2, -0.15) is 0 Å². The van der Waals surface area contributed by atoms with Crippen LogP contribution in [0.3, 0.4) is 0 Å². The number of aromatic hydroxyl groups is 1. The normalized spacial score (nSPS) is 12.4.